The fraction of sp³-hybridized carbons (Fsp3) is 0.450. The summed E-state index contributed by atoms with van der Waals surface area (Å²) in [5.41, 5.74) is 2.36. The highest BCUT2D eigenvalue weighted by Gasteiger charge is 2.22. The van der Waals surface area contributed by atoms with Gasteiger partial charge in [0.25, 0.3) is 0 Å². The van der Waals surface area contributed by atoms with E-state index in [1.165, 1.54) is 11.3 Å². The van der Waals surface area contributed by atoms with Crippen LogP contribution in [-0.4, -0.2) is 33.0 Å². The van der Waals surface area contributed by atoms with Crippen LogP contribution < -0.4 is 9.62 Å². The lowest BCUT2D eigenvalue weighted by Crippen LogP contribution is -2.38. The first-order valence-corrected chi connectivity index (χ1v) is 10.8. The first-order chi connectivity index (χ1) is 12.6. The largest absolute Gasteiger partial charge is 0.371 e. The number of aryl methyl sites for hydroxylation is 1. The smallest absolute Gasteiger partial charge is 0.240 e. The van der Waals surface area contributed by atoms with Gasteiger partial charge in [0.15, 0.2) is 0 Å². The van der Waals surface area contributed by atoms with Crippen molar-refractivity contribution in [2.45, 2.75) is 37.5 Å². The van der Waals surface area contributed by atoms with Gasteiger partial charge < -0.3 is 4.90 Å². The van der Waals surface area contributed by atoms with Crippen LogP contribution in [0.4, 0.5) is 5.69 Å². The molecule has 0 aliphatic carbocycles. The summed E-state index contributed by atoms with van der Waals surface area (Å²) in [6.07, 6.45) is 7.62. The van der Waals surface area contributed by atoms with Gasteiger partial charge in [0.1, 0.15) is 0 Å². The third kappa shape index (κ3) is 4.83. The number of aromatic nitrogens is 1. The van der Waals surface area contributed by atoms with Crippen LogP contribution in [0.25, 0.3) is 0 Å². The quantitative estimate of drug-likeness (QED) is 0.809. The molecular formula is C20H27N3O2S. The van der Waals surface area contributed by atoms with Crippen LogP contribution in [0.2, 0.25) is 0 Å². The number of rotatable bonds is 7. The number of pyridine rings is 1. The number of nitrogens with one attached hydrogen (secondary N) is 1. The summed E-state index contributed by atoms with van der Waals surface area (Å²) in [7, 11) is -3.43. The second-order valence-corrected chi connectivity index (χ2v) is 8.65. The lowest BCUT2D eigenvalue weighted by Gasteiger charge is -2.33. The zero-order valence-electron chi connectivity index (χ0n) is 15.3. The van der Waals surface area contributed by atoms with Crippen molar-refractivity contribution in [3.63, 3.8) is 0 Å². The second-order valence-electron chi connectivity index (χ2n) is 6.88. The first kappa shape index (κ1) is 18.9. The molecule has 0 saturated carbocycles. The number of benzene rings is 1. The Hall–Kier alpha value is -1.92. The Kier molecular flexibility index (Phi) is 6.27. The summed E-state index contributed by atoms with van der Waals surface area (Å²) < 4.78 is 27.8. The zero-order chi connectivity index (χ0) is 18.4. The molecule has 1 fully saturated rings. The van der Waals surface area contributed by atoms with Gasteiger partial charge in [-0.05, 0) is 55.0 Å². The van der Waals surface area contributed by atoms with Gasteiger partial charge >= 0.3 is 0 Å². The third-order valence-electron chi connectivity index (χ3n) is 4.98. The van der Waals surface area contributed by atoms with E-state index >= 15 is 0 Å². The molecule has 2 heterocycles. The standard InChI is InChI=1S/C20H27N3O2S/c1-2-3-17-4-6-20(7-5-17)26(24,25)22-16-18-10-14-23(15-11-18)19-8-12-21-13-9-19/h4-9,12-13,18,22H,2-3,10-11,14-16H2,1H3. The monoisotopic (exact) mass is 373 g/mol. The predicted molar refractivity (Wildman–Crippen MR) is 105 cm³/mol. The summed E-state index contributed by atoms with van der Waals surface area (Å²) in [5, 5.41) is 0. The Balaban J connectivity index is 1.51. The average molecular weight is 374 g/mol. The highest BCUT2D eigenvalue weighted by molar-refractivity contribution is 7.89. The van der Waals surface area contributed by atoms with Crippen molar-refractivity contribution in [3.8, 4) is 0 Å². The van der Waals surface area contributed by atoms with Crippen LogP contribution in [0.5, 0.6) is 0 Å². The van der Waals surface area contributed by atoms with Gasteiger partial charge in [0.05, 0.1) is 4.90 Å². The number of sulfonamides is 1. The summed E-state index contributed by atoms with van der Waals surface area (Å²) in [6.45, 7) is 4.51. The van der Waals surface area contributed by atoms with E-state index in [4.69, 9.17) is 0 Å². The molecule has 0 radical (unpaired) electrons. The van der Waals surface area contributed by atoms with E-state index < -0.39 is 10.0 Å². The predicted octanol–water partition coefficient (Wildman–Crippen LogP) is 3.23. The summed E-state index contributed by atoms with van der Waals surface area (Å²) in [5.74, 6) is 0.377. The summed E-state index contributed by atoms with van der Waals surface area (Å²) in [4.78, 5) is 6.74. The fourth-order valence-electron chi connectivity index (χ4n) is 3.38. The molecular weight excluding hydrogens is 346 g/mol. The molecule has 1 aliphatic rings. The van der Waals surface area contributed by atoms with Crippen LogP contribution in [0.3, 0.4) is 0 Å². The Bertz CT molecular complexity index is 784. The number of hydrogen-bond acceptors (Lipinski definition) is 4. The average Bonchev–Trinajstić information content (AvgIpc) is 2.68. The van der Waals surface area contributed by atoms with E-state index in [0.717, 1.165) is 38.8 Å². The van der Waals surface area contributed by atoms with Crippen LogP contribution >= 0.6 is 0 Å². The SMILES string of the molecule is CCCc1ccc(S(=O)(=O)NCC2CCN(c3ccncc3)CC2)cc1. The Labute approximate surface area is 156 Å². The molecule has 26 heavy (non-hydrogen) atoms. The van der Waals surface area contributed by atoms with E-state index in [9.17, 15) is 8.42 Å². The molecule has 0 unspecified atom stereocenters. The molecule has 2 aromatic rings. The minimum atomic E-state index is -3.43. The topological polar surface area (TPSA) is 62.3 Å². The van der Waals surface area contributed by atoms with Crippen LogP contribution in [0.15, 0.2) is 53.7 Å². The Morgan fingerprint density at radius 1 is 1.08 bits per heavy atom. The molecule has 3 rings (SSSR count). The molecule has 1 aromatic carbocycles. The van der Waals surface area contributed by atoms with Gasteiger partial charge in [-0.15, -0.1) is 0 Å². The molecule has 0 amide bonds. The van der Waals surface area contributed by atoms with Gasteiger partial charge in [0, 0.05) is 37.7 Å². The highest BCUT2D eigenvalue weighted by Crippen LogP contribution is 2.22. The van der Waals surface area contributed by atoms with E-state index in [1.54, 1.807) is 24.5 Å². The molecule has 6 heteroatoms. The number of hydrogen-bond donors (Lipinski definition) is 1. The molecule has 5 nitrogen and oxygen atoms in total. The van der Waals surface area contributed by atoms with Crippen molar-refractivity contribution in [2.75, 3.05) is 24.5 Å². The van der Waals surface area contributed by atoms with Crippen molar-refractivity contribution < 1.29 is 8.42 Å². The number of nitrogens with zero attached hydrogens (tertiary/aromatic N) is 2. The van der Waals surface area contributed by atoms with Gasteiger partial charge in [0.2, 0.25) is 10.0 Å². The molecule has 1 aromatic heterocycles. The molecule has 1 saturated heterocycles. The van der Waals surface area contributed by atoms with Crippen molar-refractivity contribution in [3.05, 3.63) is 54.4 Å². The van der Waals surface area contributed by atoms with Gasteiger partial charge in [-0.3, -0.25) is 4.98 Å². The lowest BCUT2D eigenvalue weighted by molar-refractivity contribution is 0.402. The number of piperidine rings is 1. The molecule has 1 aliphatic heterocycles. The molecule has 140 valence electrons. The number of anilines is 1. The van der Waals surface area contributed by atoms with Gasteiger partial charge in [-0.25, -0.2) is 13.1 Å². The van der Waals surface area contributed by atoms with Gasteiger partial charge in [-0.1, -0.05) is 25.5 Å². The van der Waals surface area contributed by atoms with Crippen molar-refractivity contribution >= 4 is 15.7 Å². The second kappa shape index (κ2) is 8.64. The van der Waals surface area contributed by atoms with Gasteiger partial charge in [-0.2, -0.15) is 0 Å². The van der Waals surface area contributed by atoms with E-state index in [-0.39, 0.29) is 0 Å². The van der Waals surface area contributed by atoms with E-state index in [1.807, 2.05) is 24.3 Å². The summed E-state index contributed by atoms with van der Waals surface area (Å²) >= 11 is 0. The Morgan fingerprint density at radius 3 is 2.35 bits per heavy atom. The van der Waals surface area contributed by atoms with Crippen LogP contribution in [0, 0.1) is 5.92 Å². The van der Waals surface area contributed by atoms with E-state index in [0.29, 0.717) is 17.4 Å². The Morgan fingerprint density at radius 2 is 1.73 bits per heavy atom. The van der Waals surface area contributed by atoms with Crippen LogP contribution in [-0.2, 0) is 16.4 Å². The maximum atomic E-state index is 12.5. The molecule has 0 atom stereocenters. The highest BCUT2D eigenvalue weighted by atomic mass is 32.2. The maximum absolute atomic E-state index is 12.5. The van der Waals surface area contributed by atoms with Crippen molar-refractivity contribution in [2.24, 2.45) is 5.92 Å². The first-order valence-electron chi connectivity index (χ1n) is 9.32. The fourth-order valence-corrected chi connectivity index (χ4v) is 4.50. The third-order valence-corrected chi connectivity index (χ3v) is 6.42. The summed E-state index contributed by atoms with van der Waals surface area (Å²) in [6, 6.07) is 11.3. The van der Waals surface area contributed by atoms with Crippen molar-refractivity contribution in [1.29, 1.82) is 0 Å². The van der Waals surface area contributed by atoms with E-state index in [2.05, 4.69) is 21.5 Å². The minimum Gasteiger partial charge on any atom is -0.371 e. The van der Waals surface area contributed by atoms with Crippen molar-refractivity contribution in [1.82, 2.24) is 9.71 Å². The maximum Gasteiger partial charge on any atom is 0.240 e. The molecule has 0 bridgehead atoms. The van der Waals surface area contributed by atoms with Crippen LogP contribution in [0.1, 0.15) is 31.7 Å². The normalized spacial score (nSPS) is 16.0. The lowest BCUT2D eigenvalue weighted by atomic mass is 9.97. The molecule has 1 N–H and O–H groups in total. The molecule has 0 spiro atoms. The zero-order valence-corrected chi connectivity index (χ0v) is 16.1. The minimum absolute atomic E-state index is 0.353.